The predicted molar refractivity (Wildman–Crippen MR) is 85.0 cm³/mol. The number of rotatable bonds is 7. The van der Waals surface area contributed by atoms with Crippen molar-refractivity contribution in [2.24, 2.45) is 5.92 Å². The van der Waals surface area contributed by atoms with Crippen molar-refractivity contribution in [1.29, 1.82) is 0 Å². The van der Waals surface area contributed by atoms with Crippen LogP contribution in [0.25, 0.3) is 0 Å². The summed E-state index contributed by atoms with van der Waals surface area (Å²) in [5.74, 6) is 0.264. The van der Waals surface area contributed by atoms with Gasteiger partial charge in [0.25, 0.3) is 0 Å². The van der Waals surface area contributed by atoms with E-state index < -0.39 is 10.0 Å². The van der Waals surface area contributed by atoms with E-state index in [0.29, 0.717) is 24.0 Å². The van der Waals surface area contributed by atoms with Gasteiger partial charge in [-0.05, 0) is 19.4 Å². The lowest BCUT2D eigenvalue weighted by molar-refractivity contribution is 0.107. The lowest BCUT2D eigenvalue weighted by Gasteiger charge is -2.14. The van der Waals surface area contributed by atoms with E-state index in [9.17, 15) is 8.42 Å². The first kappa shape index (κ1) is 16.9. The van der Waals surface area contributed by atoms with Crippen LogP contribution in [-0.2, 0) is 21.3 Å². The molecule has 1 saturated heterocycles. The van der Waals surface area contributed by atoms with Crippen LogP contribution >= 0.6 is 11.3 Å². The minimum Gasteiger partial charge on any atom is -0.378 e. The van der Waals surface area contributed by atoms with Crippen molar-refractivity contribution >= 4 is 21.4 Å². The molecule has 0 radical (unpaired) electrons. The standard InChI is InChI=1S/C14H24N2O3S2/c1-10(2)15-8-13-6-14(9-20-13)21(17,18)16-7-12-4-5-19-11(12)3/h6,9-12,15-16H,4-5,7-8H2,1-3H3. The quantitative estimate of drug-likeness (QED) is 0.801. The Morgan fingerprint density at radius 1 is 1.48 bits per heavy atom. The smallest absolute Gasteiger partial charge is 0.241 e. The van der Waals surface area contributed by atoms with Crippen molar-refractivity contribution in [3.63, 3.8) is 0 Å². The normalized spacial score (nSPS) is 23.0. The van der Waals surface area contributed by atoms with Crippen LogP contribution in [0, 0.1) is 5.92 Å². The minimum atomic E-state index is -3.41. The van der Waals surface area contributed by atoms with Crippen LogP contribution in [0.2, 0.25) is 0 Å². The first-order valence-electron chi connectivity index (χ1n) is 7.30. The SMILES string of the molecule is CC(C)NCc1cc(S(=O)(=O)NCC2CCOC2C)cs1. The number of hydrogen-bond acceptors (Lipinski definition) is 5. The molecule has 2 N–H and O–H groups in total. The molecule has 5 nitrogen and oxygen atoms in total. The second-order valence-electron chi connectivity index (χ2n) is 5.76. The van der Waals surface area contributed by atoms with Gasteiger partial charge >= 0.3 is 0 Å². The summed E-state index contributed by atoms with van der Waals surface area (Å²) in [6, 6.07) is 2.13. The van der Waals surface area contributed by atoms with E-state index in [1.807, 2.05) is 6.92 Å². The number of sulfonamides is 1. The van der Waals surface area contributed by atoms with Crippen molar-refractivity contribution < 1.29 is 13.2 Å². The zero-order valence-corrected chi connectivity index (χ0v) is 14.4. The number of ether oxygens (including phenoxy) is 1. The van der Waals surface area contributed by atoms with Gasteiger partial charge in [0.2, 0.25) is 10.0 Å². The first-order chi connectivity index (χ1) is 9.88. The van der Waals surface area contributed by atoms with E-state index in [2.05, 4.69) is 23.9 Å². The van der Waals surface area contributed by atoms with Crippen LogP contribution in [0.1, 0.15) is 32.1 Å². The highest BCUT2D eigenvalue weighted by atomic mass is 32.2. The fourth-order valence-electron chi connectivity index (χ4n) is 2.24. The minimum absolute atomic E-state index is 0.126. The van der Waals surface area contributed by atoms with Gasteiger partial charge in [-0.1, -0.05) is 13.8 Å². The molecule has 1 aliphatic heterocycles. The van der Waals surface area contributed by atoms with Crippen molar-refractivity contribution in [1.82, 2.24) is 10.0 Å². The Hall–Kier alpha value is -0.470. The molecule has 0 aromatic carbocycles. The summed E-state index contributed by atoms with van der Waals surface area (Å²) in [7, 11) is -3.41. The van der Waals surface area contributed by atoms with Crippen molar-refractivity contribution in [2.45, 2.75) is 50.8 Å². The highest BCUT2D eigenvalue weighted by molar-refractivity contribution is 7.89. The van der Waals surface area contributed by atoms with E-state index in [1.54, 1.807) is 11.4 Å². The summed E-state index contributed by atoms with van der Waals surface area (Å²) < 4.78 is 32.7. The molecule has 0 saturated carbocycles. The highest BCUT2D eigenvalue weighted by Gasteiger charge is 2.26. The summed E-state index contributed by atoms with van der Waals surface area (Å²) in [5.41, 5.74) is 0. The molecule has 2 rings (SSSR count). The Morgan fingerprint density at radius 3 is 2.86 bits per heavy atom. The monoisotopic (exact) mass is 332 g/mol. The van der Waals surface area contributed by atoms with Crippen molar-refractivity contribution in [3.05, 3.63) is 16.3 Å². The molecule has 2 unspecified atom stereocenters. The van der Waals surface area contributed by atoms with Gasteiger partial charge in [0, 0.05) is 41.9 Å². The molecule has 2 atom stereocenters. The van der Waals surface area contributed by atoms with Crippen LogP contribution in [0.3, 0.4) is 0 Å². The van der Waals surface area contributed by atoms with Crippen molar-refractivity contribution in [3.8, 4) is 0 Å². The maximum absolute atomic E-state index is 12.3. The van der Waals surface area contributed by atoms with Gasteiger partial charge in [-0.25, -0.2) is 13.1 Å². The van der Waals surface area contributed by atoms with Gasteiger partial charge < -0.3 is 10.1 Å². The molecule has 0 aliphatic carbocycles. The van der Waals surface area contributed by atoms with Crippen LogP contribution < -0.4 is 10.0 Å². The van der Waals surface area contributed by atoms with E-state index in [1.165, 1.54) is 11.3 Å². The topological polar surface area (TPSA) is 67.4 Å². The lowest BCUT2D eigenvalue weighted by atomic mass is 10.0. The second kappa shape index (κ2) is 7.19. The Morgan fingerprint density at radius 2 is 2.24 bits per heavy atom. The zero-order valence-electron chi connectivity index (χ0n) is 12.8. The van der Waals surface area contributed by atoms with Gasteiger partial charge in [-0.15, -0.1) is 11.3 Å². The predicted octanol–water partition coefficient (Wildman–Crippen LogP) is 1.95. The molecular formula is C14H24N2O3S2. The fraction of sp³-hybridized carbons (Fsp3) is 0.714. The number of nitrogens with one attached hydrogen (secondary N) is 2. The third kappa shape index (κ3) is 4.75. The van der Waals surface area contributed by atoms with E-state index in [0.717, 1.165) is 17.9 Å². The molecule has 7 heteroatoms. The zero-order chi connectivity index (χ0) is 15.5. The molecule has 1 aromatic rings. The third-order valence-electron chi connectivity index (χ3n) is 3.69. The lowest BCUT2D eigenvalue weighted by Crippen LogP contribution is -2.31. The second-order valence-corrected chi connectivity index (χ2v) is 8.52. The van der Waals surface area contributed by atoms with Crippen LogP contribution in [0.15, 0.2) is 16.3 Å². The average Bonchev–Trinajstić information content (AvgIpc) is 3.03. The molecule has 1 aromatic heterocycles. The summed E-state index contributed by atoms with van der Waals surface area (Å²) in [4.78, 5) is 1.39. The molecular weight excluding hydrogens is 308 g/mol. The summed E-state index contributed by atoms with van der Waals surface area (Å²) >= 11 is 1.47. The fourth-order valence-corrected chi connectivity index (χ4v) is 4.56. The molecule has 1 fully saturated rings. The van der Waals surface area contributed by atoms with Gasteiger partial charge in [-0.3, -0.25) is 0 Å². The van der Waals surface area contributed by atoms with Gasteiger partial charge in [0.05, 0.1) is 11.0 Å². The van der Waals surface area contributed by atoms with Crippen LogP contribution in [0.4, 0.5) is 0 Å². The molecule has 0 bridgehead atoms. The maximum atomic E-state index is 12.3. The molecule has 0 spiro atoms. The Kier molecular flexibility index (Phi) is 5.79. The molecule has 1 aliphatic rings. The average molecular weight is 332 g/mol. The third-order valence-corrected chi connectivity index (χ3v) is 6.18. The maximum Gasteiger partial charge on any atom is 0.241 e. The van der Waals surface area contributed by atoms with Gasteiger partial charge in [0.15, 0.2) is 0 Å². The number of thiophene rings is 1. The summed E-state index contributed by atoms with van der Waals surface area (Å²) in [5, 5.41) is 4.99. The molecule has 21 heavy (non-hydrogen) atoms. The summed E-state index contributed by atoms with van der Waals surface area (Å²) in [6.07, 6.45) is 1.04. The van der Waals surface area contributed by atoms with Crippen LogP contribution in [-0.4, -0.2) is 33.7 Å². The van der Waals surface area contributed by atoms with E-state index in [-0.39, 0.29) is 12.0 Å². The highest BCUT2D eigenvalue weighted by Crippen LogP contribution is 2.22. The van der Waals surface area contributed by atoms with E-state index in [4.69, 9.17) is 4.74 Å². The Labute approximate surface area is 131 Å². The Balaban J connectivity index is 1.92. The van der Waals surface area contributed by atoms with Gasteiger partial charge in [-0.2, -0.15) is 0 Å². The molecule has 120 valence electrons. The molecule has 2 heterocycles. The molecule has 0 amide bonds. The van der Waals surface area contributed by atoms with Crippen molar-refractivity contribution in [2.75, 3.05) is 13.2 Å². The van der Waals surface area contributed by atoms with E-state index >= 15 is 0 Å². The first-order valence-corrected chi connectivity index (χ1v) is 9.67. The van der Waals surface area contributed by atoms with Gasteiger partial charge in [0.1, 0.15) is 0 Å². The largest absolute Gasteiger partial charge is 0.378 e. The number of hydrogen-bond donors (Lipinski definition) is 2. The summed E-state index contributed by atoms with van der Waals surface area (Å²) in [6.45, 7) is 7.99. The van der Waals surface area contributed by atoms with Crippen LogP contribution in [0.5, 0.6) is 0 Å². The Bertz CT molecular complexity index is 554.